The molecule has 1 aliphatic rings. The molecular weight excluding hydrogens is 316 g/mol. The second-order valence-corrected chi connectivity index (χ2v) is 8.13. The molecule has 0 heterocycles. The van der Waals surface area contributed by atoms with Gasteiger partial charge in [0.25, 0.3) is 0 Å². The molecule has 2 rings (SSSR count). The Bertz CT molecular complexity index is 479. The zero-order valence-corrected chi connectivity index (χ0v) is 17.2. The van der Waals surface area contributed by atoms with E-state index >= 15 is 0 Å². The standard InChI is InChI=1S/C25H40O/c1-3-5-7-10-22-13-15-23(16-14-22)11-8-9-12-24-17-19-25(20-18-24)26-21-6-4-2/h9,12,17-20,22-23H,3-8,10-11,13-16,21H2,1-2H3. The van der Waals surface area contributed by atoms with Crippen LogP contribution in [-0.4, -0.2) is 6.61 Å². The van der Waals surface area contributed by atoms with Gasteiger partial charge in [-0.15, -0.1) is 0 Å². The van der Waals surface area contributed by atoms with E-state index in [2.05, 4.69) is 50.3 Å². The van der Waals surface area contributed by atoms with Crippen LogP contribution in [0.1, 0.15) is 96.5 Å². The Morgan fingerprint density at radius 1 is 0.846 bits per heavy atom. The van der Waals surface area contributed by atoms with E-state index in [1.54, 1.807) is 0 Å². The highest BCUT2D eigenvalue weighted by molar-refractivity contribution is 5.50. The first-order valence-electron chi connectivity index (χ1n) is 11.2. The third-order valence-corrected chi connectivity index (χ3v) is 5.88. The highest BCUT2D eigenvalue weighted by Crippen LogP contribution is 2.34. The number of hydrogen-bond acceptors (Lipinski definition) is 1. The Morgan fingerprint density at radius 3 is 2.15 bits per heavy atom. The van der Waals surface area contributed by atoms with Crippen LogP contribution in [0.15, 0.2) is 30.3 Å². The fourth-order valence-electron chi connectivity index (χ4n) is 4.05. The minimum absolute atomic E-state index is 0.826. The zero-order valence-electron chi connectivity index (χ0n) is 17.2. The molecule has 0 amide bonds. The van der Waals surface area contributed by atoms with Crippen LogP contribution in [-0.2, 0) is 0 Å². The van der Waals surface area contributed by atoms with Crippen LogP contribution in [0.25, 0.3) is 6.08 Å². The number of benzene rings is 1. The maximum absolute atomic E-state index is 5.72. The van der Waals surface area contributed by atoms with Crippen molar-refractivity contribution in [3.05, 3.63) is 35.9 Å². The van der Waals surface area contributed by atoms with Gasteiger partial charge in [-0.05, 0) is 48.8 Å². The maximum atomic E-state index is 5.72. The van der Waals surface area contributed by atoms with Crippen LogP contribution in [0.3, 0.4) is 0 Å². The van der Waals surface area contributed by atoms with Gasteiger partial charge in [0.1, 0.15) is 5.75 Å². The van der Waals surface area contributed by atoms with Gasteiger partial charge in [0.15, 0.2) is 0 Å². The van der Waals surface area contributed by atoms with Crippen LogP contribution >= 0.6 is 0 Å². The van der Waals surface area contributed by atoms with Crippen molar-refractivity contribution in [3.63, 3.8) is 0 Å². The average Bonchev–Trinajstić information content (AvgIpc) is 2.68. The van der Waals surface area contributed by atoms with Gasteiger partial charge in [0, 0.05) is 0 Å². The lowest BCUT2D eigenvalue weighted by atomic mass is 9.78. The molecule has 0 unspecified atom stereocenters. The lowest BCUT2D eigenvalue weighted by molar-refractivity contribution is 0.250. The van der Waals surface area contributed by atoms with Crippen LogP contribution in [0.4, 0.5) is 0 Å². The predicted molar refractivity (Wildman–Crippen MR) is 115 cm³/mol. The molecule has 1 saturated carbocycles. The Labute approximate surface area is 162 Å². The number of allylic oxidation sites excluding steroid dienone is 1. The fourth-order valence-corrected chi connectivity index (χ4v) is 4.05. The molecule has 1 aromatic rings. The van der Waals surface area contributed by atoms with Crippen molar-refractivity contribution in [2.45, 2.75) is 90.9 Å². The topological polar surface area (TPSA) is 9.23 Å². The van der Waals surface area contributed by atoms with Gasteiger partial charge in [-0.1, -0.05) is 95.9 Å². The van der Waals surface area contributed by atoms with Gasteiger partial charge in [-0.2, -0.15) is 0 Å². The molecule has 1 nitrogen and oxygen atoms in total. The summed E-state index contributed by atoms with van der Waals surface area (Å²) < 4.78 is 5.72. The summed E-state index contributed by atoms with van der Waals surface area (Å²) in [6.07, 6.45) is 21.2. The summed E-state index contributed by atoms with van der Waals surface area (Å²) in [4.78, 5) is 0. The van der Waals surface area contributed by atoms with Crippen LogP contribution < -0.4 is 4.74 Å². The van der Waals surface area contributed by atoms with Gasteiger partial charge in [0.05, 0.1) is 6.61 Å². The normalized spacial score (nSPS) is 20.5. The number of hydrogen-bond donors (Lipinski definition) is 0. The molecule has 1 heteroatoms. The third kappa shape index (κ3) is 8.43. The van der Waals surface area contributed by atoms with E-state index in [0.29, 0.717) is 0 Å². The monoisotopic (exact) mass is 356 g/mol. The molecule has 0 spiro atoms. The third-order valence-electron chi connectivity index (χ3n) is 5.88. The van der Waals surface area contributed by atoms with E-state index in [1.165, 1.54) is 76.2 Å². The number of rotatable bonds is 12. The van der Waals surface area contributed by atoms with Crippen molar-refractivity contribution in [2.75, 3.05) is 6.61 Å². The summed E-state index contributed by atoms with van der Waals surface area (Å²) >= 11 is 0. The summed E-state index contributed by atoms with van der Waals surface area (Å²) in [6.45, 7) is 5.32. The highest BCUT2D eigenvalue weighted by atomic mass is 16.5. The predicted octanol–water partition coefficient (Wildman–Crippen LogP) is 8.05. The summed E-state index contributed by atoms with van der Waals surface area (Å²) in [7, 11) is 0. The highest BCUT2D eigenvalue weighted by Gasteiger charge is 2.19. The van der Waals surface area contributed by atoms with Gasteiger partial charge < -0.3 is 4.74 Å². The molecule has 0 atom stereocenters. The molecule has 0 aromatic heterocycles. The first kappa shape index (κ1) is 21.1. The van der Waals surface area contributed by atoms with E-state index in [9.17, 15) is 0 Å². The SMILES string of the molecule is CCCCCC1CCC(CCC=Cc2ccc(OCCCC)cc2)CC1. The van der Waals surface area contributed by atoms with Gasteiger partial charge >= 0.3 is 0 Å². The van der Waals surface area contributed by atoms with Crippen molar-refractivity contribution in [1.82, 2.24) is 0 Å². The Morgan fingerprint density at radius 2 is 1.50 bits per heavy atom. The van der Waals surface area contributed by atoms with Gasteiger partial charge in [-0.3, -0.25) is 0 Å². The van der Waals surface area contributed by atoms with Crippen LogP contribution in [0.2, 0.25) is 0 Å². The molecule has 0 N–H and O–H groups in total. The van der Waals surface area contributed by atoms with Gasteiger partial charge in [0.2, 0.25) is 0 Å². The van der Waals surface area contributed by atoms with E-state index in [0.717, 1.165) is 30.6 Å². The lowest BCUT2D eigenvalue weighted by Crippen LogP contribution is -2.14. The summed E-state index contributed by atoms with van der Waals surface area (Å²) in [5.74, 6) is 2.99. The summed E-state index contributed by atoms with van der Waals surface area (Å²) in [5, 5.41) is 0. The minimum atomic E-state index is 0.826. The van der Waals surface area contributed by atoms with Crippen molar-refractivity contribution in [1.29, 1.82) is 0 Å². The largest absolute Gasteiger partial charge is 0.494 e. The van der Waals surface area contributed by atoms with Crippen molar-refractivity contribution in [3.8, 4) is 5.75 Å². The Kier molecular flexibility index (Phi) is 10.5. The van der Waals surface area contributed by atoms with Crippen molar-refractivity contribution >= 4 is 6.08 Å². The molecule has 26 heavy (non-hydrogen) atoms. The molecule has 0 saturated heterocycles. The van der Waals surface area contributed by atoms with Crippen molar-refractivity contribution < 1.29 is 4.74 Å². The smallest absolute Gasteiger partial charge is 0.119 e. The van der Waals surface area contributed by atoms with E-state index < -0.39 is 0 Å². The molecular formula is C25H40O. The van der Waals surface area contributed by atoms with Crippen molar-refractivity contribution in [2.24, 2.45) is 11.8 Å². The van der Waals surface area contributed by atoms with E-state index in [-0.39, 0.29) is 0 Å². The number of ether oxygens (including phenoxy) is 1. The van der Waals surface area contributed by atoms with E-state index in [1.807, 2.05) is 0 Å². The van der Waals surface area contributed by atoms with E-state index in [4.69, 9.17) is 4.74 Å². The molecule has 1 fully saturated rings. The molecule has 146 valence electrons. The molecule has 1 aliphatic carbocycles. The lowest BCUT2D eigenvalue weighted by Gasteiger charge is -2.28. The minimum Gasteiger partial charge on any atom is -0.494 e. The number of unbranched alkanes of at least 4 members (excludes halogenated alkanes) is 3. The second-order valence-electron chi connectivity index (χ2n) is 8.13. The average molecular weight is 357 g/mol. The first-order chi connectivity index (χ1) is 12.8. The summed E-state index contributed by atoms with van der Waals surface area (Å²) in [6, 6.07) is 8.52. The molecule has 0 bridgehead atoms. The maximum Gasteiger partial charge on any atom is 0.119 e. The fraction of sp³-hybridized carbons (Fsp3) is 0.680. The Balaban J connectivity index is 1.59. The van der Waals surface area contributed by atoms with Gasteiger partial charge in [-0.25, -0.2) is 0 Å². The van der Waals surface area contributed by atoms with Crippen LogP contribution in [0, 0.1) is 11.8 Å². The van der Waals surface area contributed by atoms with Crippen LogP contribution in [0.5, 0.6) is 5.75 Å². The second kappa shape index (κ2) is 13.0. The Hall–Kier alpha value is -1.24. The zero-order chi connectivity index (χ0) is 18.5. The molecule has 0 aliphatic heterocycles. The first-order valence-corrected chi connectivity index (χ1v) is 11.2. The molecule has 1 aromatic carbocycles. The molecule has 0 radical (unpaired) electrons. The summed E-state index contributed by atoms with van der Waals surface area (Å²) in [5.41, 5.74) is 1.28. The quantitative estimate of drug-likeness (QED) is 0.344.